The van der Waals surface area contributed by atoms with Gasteiger partial charge in [0, 0.05) is 19.3 Å². The molecule has 0 bridgehead atoms. The number of hydrogen-bond donors (Lipinski definition) is 2. The minimum absolute atomic E-state index is 0.00231. The Labute approximate surface area is 212 Å². The Hall–Kier alpha value is -1.51. The lowest BCUT2D eigenvalue weighted by Crippen LogP contribution is -2.80. The zero-order valence-electron chi connectivity index (χ0n) is 19.7. The third kappa shape index (κ3) is 4.98. The van der Waals surface area contributed by atoms with Crippen molar-refractivity contribution in [2.75, 3.05) is 12.3 Å². The second-order valence-corrected chi connectivity index (χ2v) is 12.8. The number of fused-ring (bicyclic) bond motifs is 1. The lowest BCUT2D eigenvalue weighted by molar-refractivity contribution is -0.176. The maximum absolute atomic E-state index is 14.0. The van der Waals surface area contributed by atoms with Gasteiger partial charge in [0.15, 0.2) is 4.99 Å². The molecule has 3 heterocycles. The molecule has 14 heteroatoms. The molecule has 33 heavy (non-hydrogen) atoms. The Kier molecular flexibility index (Phi) is 7.33. The van der Waals surface area contributed by atoms with Crippen LogP contribution in [0.2, 0.25) is 0 Å². The molecular formula is C19H29N7O3S4. The summed E-state index contributed by atoms with van der Waals surface area (Å²) >= 11 is 13.6. The van der Waals surface area contributed by atoms with Gasteiger partial charge in [0.05, 0.1) is 21.3 Å². The number of thiocarbonyl (C=S) groups is 2. The molecule has 2 unspecified atom stereocenters. The highest BCUT2D eigenvalue weighted by atomic mass is 32.2. The summed E-state index contributed by atoms with van der Waals surface area (Å²) in [5.41, 5.74) is -2.03. The van der Waals surface area contributed by atoms with Gasteiger partial charge in [-0.25, -0.2) is 4.68 Å². The van der Waals surface area contributed by atoms with Crippen LogP contribution in [0.15, 0.2) is 5.16 Å². The van der Waals surface area contributed by atoms with Crippen LogP contribution in [0, 0.1) is 11.3 Å². The number of aryl methyl sites for hydroxylation is 1. The van der Waals surface area contributed by atoms with E-state index in [4.69, 9.17) is 29.2 Å². The molecule has 1 aromatic heterocycles. The van der Waals surface area contributed by atoms with Crippen LogP contribution in [0.5, 0.6) is 0 Å². The lowest BCUT2D eigenvalue weighted by atomic mass is 9.81. The van der Waals surface area contributed by atoms with Crippen molar-refractivity contribution in [2.45, 2.75) is 62.7 Å². The van der Waals surface area contributed by atoms with Gasteiger partial charge < -0.3 is 20.3 Å². The molecule has 0 aliphatic carbocycles. The zero-order chi connectivity index (χ0) is 24.8. The Morgan fingerprint density at radius 3 is 2.39 bits per heavy atom. The van der Waals surface area contributed by atoms with E-state index in [0.717, 1.165) is 0 Å². The van der Waals surface area contributed by atoms with Crippen LogP contribution in [0.1, 0.15) is 41.5 Å². The third-order valence-corrected chi connectivity index (χ3v) is 8.64. The second-order valence-electron chi connectivity index (χ2n) is 9.26. The molecule has 2 aliphatic heterocycles. The van der Waals surface area contributed by atoms with E-state index >= 15 is 0 Å². The molecule has 0 saturated carbocycles. The number of nitrogens with one attached hydrogen (secondary N) is 2. The molecular weight excluding hydrogens is 503 g/mol. The van der Waals surface area contributed by atoms with Gasteiger partial charge in [0.2, 0.25) is 11.1 Å². The van der Waals surface area contributed by atoms with Gasteiger partial charge in [-0.05, 0) is 45.0 Å². The number of carbonyl (C=O) groups is 2. The van der Waals surface area contributed by atoms with Gasteiger partial charge in [-0.3, -0.25) is 9.59 Å². The summed E-state index contributed by atoms with van der Waals surface area (Å²) in [7, 11) is 1.72. The number of amides is 1. The molecule has 2 fully saturated rings. The first kappa shape index (κ1) is 26.1. The Morgan fingerprint density at radius 2 is 1.91 bits per heavy atom. The fourth-order valence-electron chi connectivity index (χ4n) is 3.87. The van der Waals surface area contributed by atoms with E-state index in [1.165, 1.54) is 28.2 Å². The Morgan fingerprint density at radius 1 is 1.30 bits per heavy atom. The van der Waals surface area contributed by atoms with Crippen molar-refractivity contribution in [2.24, 2.45) is 18.4 Å². The summed E-state index contributed by atoms with van der Waals surface area (Å²) in [5.74, 6) is -0.457. The van der Waals surface area contributed by atoms with Crippen molar-refractivity contribution in [1.82, 2.24) is 35.7 Å². The molecule has 0 aromatic carbocycles. The van der Waals surface area contributed by atoms with Crippen LogP contribution in [0.25, 0.3) is 0 Å². The number of hydrogen-bond acceptors (Lipinski definition) is 10. The van der Waals surface area contributed by atoms with E-state index < -0.39 is 22.0 Å². The average molecular weight is 532 g/mol. The molecule has 2 saturated heterocycles. The van der Waals surface area contributed by atoms with Crippen molar-refractivity contribution in [3.63, 3.8) is 0 Å². The number of carbonyl (C=O) groups excluding carboxylic acids is 2. The van der Waals surface area contributed by atoms with Gasteiger partial charge in [0.1, 0.15) is 11.0 Å². The molecule has 3 atom stereocenters. The predicted molar refractivity (Wildman–Crippen MR) is 136 cm³/mol. The summed E-state index contributed by atoms with van der Waals surface area (Å²) in [6.45, 7) is 10.9. The molecule has 1 amide bonds. The SMILES string of the molecule is CC(=S)NC1(NC(C)=S)S[C@@H]2C(C)C(=O)N2CC1(CSc1nnnn1C)C(=O)OC(C)(C)C. The number of nitrogens with zero attached hydrogens (tertiary/aromatic N) is 5. The highest BCUT2D eigenvalue weighted by Crippen LogP contribution is 2.55. The van der Waals surface area contributed by atoms with E-state index in [9.17, 15) is 9.59 Å². The first-order valence-electron chi connectivity index (χ1n) is 10.4. The molecule has 182 valence electrons. The standard InChI is InChI=1S/C19H29N7O3S4/c1-10-13(27)26-8-18(15(28)29-17(4,5)6,9-32-16-22-23-24-25(16)7)19(20-11(2)30,21-12(3)31)33-14(10)26/h10,14H,8-9H2,1-7H3,(H,20,30)(H,21,31)/t10?,14-,18?/m1/s1. The molecule has 10 nitrogen and oxygen atoms in total. The number of esters is 1. The van der Waals surface area contributed by atoms with Gasteiger partial charge in [-0.15, -0.1) is 5.10 Å². The van der Waals surface area contributed by atoms with Crippen LogP contribution in [-0.4, -0.2) is 75.2 Å². The first-order valence-corrected chi connectivity index (χ1v) is 13.0. The van der Waals surface area contributed by atoms with Crippen molar-refractivity contribution >= 4 is 69.8 Å². The van der Waals surface area contributed by atoms with Crippen molar-refractivity contribution in [1.29, 1.82) is 0 Å². The van der Waals surface area contributed by atoms with Crippen molar-refractivity contribution in [3.05, 3.63) is 0 Å². The van der Waals surface area contributed by atoms with E-state index in [1.54, 1.807) is 25.8 Å². The van der Waals surface area contributed by atoms with Crippen LogP contribution in [0.3, 0.4) is 0 Å². The maximum atomic E-state index is 14.0. The molecule has 2 N–H and O–H groups in total. The lowest BCUT2D eigenvalue weighted by Gasteiger charge is -2.61. The van der Waals surface area contributed by atoms with E-state index in [-0.39, 0.29) is 29.5 Å². The number of β-lactam (4-membered cyclic amide) rings is 1. The van der Waals surface area contributed by atoms with Crippen molar-refractivity contribution < 1.29 is 14.3 Å². The minimum Gasteiger partial charge on any atom is -0.459 e. The highest BCUT2D eigenvalue weighted by molar-refractivity contribution is 8.02. The van der Waals surface area contributed by atoms with Crippen LogP contribution in [0.4, 0.5) is 0 Å². The second kappa shape index (κ2) is 9.27. The van der Waals surface area contributed by atoms with Gasteiger partial charge in [-0.1, -0.05) is 54.9 Å². The van der Waals surface area contributed by atoms with Crippen LogP contribution >= 0.6 is 48.0 Å². The average Bonchev–Trinajstić information content (AvgIpc) is 3.08. The van der Waals surface area contributed by atoms with E-state index in [0.29, 0.717) is 15.1 Å². The Balaban J connectivity index is 2.16. The monoisotopic (exact) mass is 531 g/mol. The quantitative estimate of drug-likeness (QED) is 0.183. The third-order valence-electron chi connectivity index (χ3n) is 5.34. The number of rotatable bonds is 6. The topological polar surface area (TPSA) is 114 Å². The number of ether oxygens (including phenoxy) is 1. The maximum Gasteiger partial charge on any atom is 0.320 e. The van der Waals surface area contributed by atoms with Crippen LogP contribution in [-0.2, 0) is 21.4 Å². The first-order chi connectivity index (χ1) is 15.2. The summed E-state index contributed by atoms with van der Waals surface area (Å²) in [4.78, 5) is 28.3. The highest BCUT2D eigenvalue weighted by Gasteiger charge is 2.68. The van der Waals surface area contributed by atoms with Crippen molar-refractivity contribution in [3.8, 4) is 0 Å². The summed E-state index contributed by atoms with van der Waals surface area (Å²) < 4.78 is 7.47. The summed E-state index contributed by atoms with van der Waals surface area (Å²) in [5, 5.41) is 18.7. The largest absolute Gasteiger partial charge is 0.459 e. The normalized spacial score (nSPS) is 26.2. The number of tetrazole rings is 1. The van der Waals surface area contributed by atoms with Gasteiger partial charge in [0.25, 0.3) is 0 Å². The molecule has 0 spiro atoms. The fourth-order valence-corrected chi connectivity index (χ4v) is 7.38. The van der Waals surface area contributed by atoms with E-state index in [2.05, 4.69) is 26.2 Å². The predicted octanol–water partition coefficient (Wildman–Crippen LogP) is 1.71. The molecule has 1 aromatic rings. The Bertz CT molecular complexity index is 963. The summed E-state index contributed by atoms with van der Waals surface area (Å²) in [6.07, 6.45) is 0. The van der Waals surface area contributed by atoms with Crippen LogP contribution < -0.4 is 10.6 Å². The van der Waals surface area contributed by atoms with E-state index in [1.807, 2.05) is 27.7 Å². The number of aromatic nitrogens is 4. The molecule has 2 aliphatic rings. The fraction of sp³-hybridized carbons (Fsp3) is 0.737. The molecule has 0 radical (unpaired) electrons. The molecule has 3 rings (SSSR count). The van der Waals surface area contributed by atoms with Gasteiger partial charge >= 0.3 is 5.97 Å². The van der Waals surface area contributed by atoms with Gasteiger partial charge in [-0.2, -0.15) is 0 Å². The zero-order valence-corrected chi connectivity index (χ0v) is 22.9. The smallest absolute Gasteiger partial charge is 0.320 e. The minimum atomic E-state index is -1.28. The summed E-state index contributed by atoms with van der Waals surface area (Å²) in [6, 6.07) is 0. The number of thioether (sulfide) groups is 2.